The number of rotatable bonds is 13. The lowest BCUT2D eigenvalue weighted by atomic mass is 10.1. The van der Waals surface area contributed by atoms with Crippen LogP contribution in [0.4, 0.5) is 0 Å². The number of ether oxygens (including phenoxy) is 2. The molecular weight excluding hydrogens is 472 g/mol. The normalized spacial score (nSPS) is 10.8. The highest BCUT2D eigenvalue weighted by atomic mass is 79.9. The summed E-state index contributed by atoms with van der Waals surface area (Å²) in [5.41, 5.74) is 3.52. The lowest BCUT2D eigenvalue weighted by molar-refractivity contribution is -0.121. The van der Waals surface area contributed by atoms with E-state index in [1.54, 1.807) is 42.5 Å². The van der Waals surface area contributed by atoms with E-state index in [-0.39, 0.29) is 5.91 Å². The summed E-state index contributed by atoms with van der Waals surface area (Å²) in [5, 5.41) is 4.03. The molecular formula is C25H31BrN2O4. The van der Waals surface area contributed by atoms with Gasteiger partial charge < -0.3 is 9.47 Å². The van der Waals surface area contributed by atoms with Crippen LogP contribution < -0.4 is 14.9 Å². The maximum Gasteiger partial charge on any atom is 0.343 e. The van der Waals surface area contributed by atoms with Crippen molar-refractivity contribution in [2.24, 2.45) is 5.10 Å². The van der Waals surface area contributed by atoms with E-state index in [1.165, 1.54) is 25.5 Å². The van der Waals surface area contributed by atoms with E-state index in [2.05, 4.69) is 33.4 Å². The van der Waals surface area contributed by atoms with Gasteiger partial charge in [0.25, 0.3) is 0 Å². The van der Waals surface area contributed by atoms with Crippen LogP contribution in [0.25, 0.3) is 0 Å². The van der Waals surface area contributed by atoms with Crippen LogP contribution >= 0.6 is 15.9 Å². The first-order valence-corrected chi connectivity index (χ1v) is 11.9. The molecule has 0 aliphatic carbocycles. The lowest BCUT2D eigenvalue weighted by Crippen LogP contribution is -2.17. The Bertz CT molecular complexity index is 897. The molecule has 0 spiro atoms. The zero-order chi connectivity index (χ0) is 23.2. The molecule has 0 aliphatic heterocycles. The number of hydrazone groups is 1. The molecule has 2 aromatic rings. The van der Waals surface area contributed by atoms with E-state index in [9.17, 15) is 9.59 Å². The predicted octanol–water partition coefficient (Wildman–Crippen LogP) is 6.27. The highest BCUT2D eigenvalue weighted by molar-refractivity contribution is 9.10. The van der Waals surface area contributed by atoms with Gasteiger partial charge in [-0.25, -0.2) is 10.2 Å². The summed E-state index contributed by atoms with van der Waals surface area (Å²) in [6.07, 6.45) is 8.66. The number of hydrogen-bond acceptors (Lipinski definition) is 5. The number of unbranched alkanes of at least 4 members (excludes halogenated alkanes) is 5. The number of hydrogen-bond donors (Lipinski definition) is 1. The summed E-state index contributed by atoms with van der Waals surface area (Å²) < 4.78 is 11.7. The number of nitrogens with zero attached hydrogens (tertiary/aromatic N) is 1. The fourth-order valence-electron chi connectivity index (χ4n) is 3.02. The third-order valence-electron chi connectivity index (χ3n) is 4.73. The van der Waals surface area contributed by atoms with Crippen molar-refractivity contribution in [2.75, 3.05) is 6.61 Å². The predicted molar refractivity (Wildman–Crippen MR) is 130 cm³/mol. The van der Waals surface area contributed by atoms with Crippen molar-refractivity contribution >= 4 is 34.0 Å². The van der Waals surface area contributed by atoms with Gasteiger partial charge in [-0.1, -0.05) is 55.0 Å². The summed E-state index contributed by atoms with van der Waals surface area (Å²) in [6, 6.07) is 12.0. The van der Waals surface area contributed by atoms with Crippen LogP contribution in [-0.2, 0) is 4.79 Å². The zero-order valence-electron chi connectivity index (χ0n) is 18.7. The summed E-state index contributed by atoms with van der Waals surface area (Å²) in [4.78, 5) is 24.5. The molecule has 7 heteroatoms. The Morgan fingerprint density at radius 3 is 2.44 bits per heavy atom. The first-order chi connectivity index (χ1) is 15.5. The highest BCUT2D eigenvalue weighted by Gasteiger charge is 2.12. The Morgan fingerprint density at radius 2 is 1.72 bits per heavy atom. The van der Waals surface area contributed by atoms with Gasteiger partial charge in [0.05, 0.1) is 18.4 Å². The zero-order valence-corrected chi connectivity index (χ0v) is 20.3. The smallest absolute Gasteiger partial charge is 0.343 e. The molecule has 0 aliphatic rings. The van der Waals surface area contributed by atoms with Gasteiger partial charge in [0, 0.05) is 16.5 Å². The van der Waals surface area contributed by atoms with Crippen LogP contribution in [0.2, 0.25) is 0 Å². The number of benzene rings is 2. The van der Waals surface area contributed by atoms with E-state index < -0.39 is 5.97 Å². The minimum absolute atomic E-state index is 0.125. The fraction of sp³-hybridized carbons (Fsp3) is 0.400. The van der Waals surface area contributed by atoms with Gasteiger partial charge in [-0.15, -0.1) is 0 Å². The molecule has 172 valence electrons. The highest BCUT2D eigenvalue weighted by Crippen LogP contribution is 2.23. The molecule has 1 N–H and O–H groups in total. The van der Waals surface area contributed by atoms with Crippen molar-refractivity contribution < 1.29 is 19.1 Å². The average molecular weight is 503 g/mol. The third kappa shape index (κ3) is 9.22. The summed E-state index contributed by atoms with van der Waals surface area (Å²) >= 11 is 3.41. The Labute approximate surface area is 198 Å². The second-order valence-corrected chi connectivity index (χ2v) is 8.26. The minimum Gasteiger partial charge on any atom is -0.494 e. The molecule has 0 aromatic heterocycles. The van der Waals surface area contributed by atoms with Crippen molar-refractivity contribution in [3.63, 3.8) is 0 Å². The van der Waals surface area contributed by atoms with E-state index in [0.29, 0.717) is 35.7 Å². The van der Waals surface area contributed by atoms with Crippen molar-refractivity contribution in [2.45, 2.75) is 58.8 Å². The standard InChI is InChI=1S/C25H31BrN2O4/c1-3-5-6-7-8-9-10-24(29)28-27-18-20-17-21(26)13-16-23(20)32-25(30)19-11-14-22(15-12-19)31-4-2/h11-18H,3-10H2,1-2H3,(H,28,29)/b27-18-. The number of carbonyl (C=O) groups is 2. The average Bonchev–Trinajstić information content (AvgIpc) is 2.78. The molecule has 6 nitrogen and oxygen atoms in total. The molecule has 2 aromatic carbocycles. The van der Waals surface area contributed by atoms with Gasteiger partial charge in [0.1, 0.15) is 11.5 Å². The molecule has 0 unspecified atom stereocenters. The van der Waals surface area contributed by atoms with E-state index in [4.69, 9.17) is 9.47 Å². The van der Waals surface area contributed by atoms with Crippen LogP contribution in [0.15, 0.2) is 52.0 Å². The first-order valence-electron chi connectivity index (χ1n) is 11.1. The first kappa shape index (κ1) is 25.6. The van der Waals surface area contributed by atoms with Crippen LogP contribution in [0, 0.1) is 0 Å². The Hall–Kier alpha value is -2.67. The van der Waals surface area contributed by atoms with Gasteiger partial charge in [-0.2, -0.15) is 5.10 Å². The molecule has 0 fully saturated rings. The molecule has 0 saturated carbocycles. The fourth-order valence-corrected chi connectivity index (χ4v) is 3.40. The Morgan fingerprint density at radius 1 is 1.00 bits per heavy atom. The summed E-state index contributed by atoms with van der Waals surface area (Å²) in [5.74, 6) is 0.426. The monoisotopic (exact) mass is 502 g/mol. The maximum absolute atomic E-state index is 12.5. The number of nitrogens with one attached hydrogen (secondary N) is 1. The molecule has 0 radical (unpaired) electrons. The maximum atomic E-state index is 12.5. The van der Waals surface area contributed by atoms with Gasteiger partial charge in [0.15, 0.2) is 0 Å². The Balaban J connectivity index is 1.91. The van der Waals surface area contributed by atoms with Crippen LogP contribution in [0.1, 0.15) is 74.7 Å². The topological polar surface area (TPSA) is 77.0 Å². The van der Waals surface area contributed by atoms with Crippen LogP contribution in [-0.4, -0.2) is 24.7 Å². The number of halogens is 1. The van der Waals surface area contributed by atoms with Crippen molar-refractivity contribution in [1.29, 1.82) is 0 Å². The van der Waals surface area contributed by atoms with E-state index in [0.717, 1.165) is 23.7 Å². The van der Waals surface area contributed by atoms with Gasteiger partial charge >= 0.3 is 5.97 Å². The molecule has 0 saturated heterocycles. The molecule has 0 atom stereocenters. The Kier molecular flexibility index (Phi) is 11.5. The summed E-state index contributed by atoms with van der Waals surface area (Å²) in [7, 11) is 0. The molecule has 32 heavy (non-hydrogen) atoms. The second kappa shape index (κ2) is 14.4. The van der Waals surface area contributed by atoms with Crippen LogP contribution in [0.3, 0.4) is 0 Å². The second-order valence-electron chi connectivity index (χ2n) is 7.34. The van der Waals surface area contributed by atoms with Crippen LogP contribution in [0.5, 0.6) is 11.5 Å². The van der Waals surface area contributed by atoms with Gasteiger partial charge in [-0.3, -0.25) is 4.79 Å². The third-order valence-corrected chi connectivity index (χ3v) is 5.22. The van der Waals surface area contributed by atoms with Gasteiger partial charge in [-0.05, 0) is 55.8 Å². The number of amides is 1. The molecule has 0 heterocycles. The minimum atomic E-state index is -0.489. The van der Waals surface area contributed by atoms with E-state index in [1.807, 2.05) is 6.92 Å². The largest absolute Gasteiger partial charge is 0.494 e. The van der Waals surface area contributed by atoms with Crippen molar-refractivity contribution in [1.82, 2.24) is 5.43 Å². The van der Waals surface area contributed by atoms with Crippen molar-refractivity contribution in [3.05, 3.63) is 58.1 Å². The van der Waals surface area contributed by atoms with Crippen molar-refractivity contribution in [3.8, 4) is 11.5 Å². The SMILES string of the molecule is CCCCCCCCC(=O)N/N=C\c1cc(Br)ccc1OC(=O)c1ccc(OCC)cc1. The van der Waals surface area contributed by atoms with E-state index >= 15 is 0 Å². The summed E-state index contributed by atoms with van der Waals surface area (Å²) in [6.45, 7) is 4.64. The quantitative estimate of drug-likeness (QED) is 0.115. The molecule has 0 bridgehead atoms. The molecule has 1 amide bonds. The lowest BCUT2D eigenvalue weighted by Gasteiger charge is -2.09. The van der Waals surface area contributed by atoms with Gasteiger partial charge in [0.2, 0.25) is 5.91 Å². The number of carbonyl (C=O) groups excluding carboxylic acids is 2. The molecule has 2 rings (SSSR count). The number of esters is 1.